The molecule has 0 saturated carbocycles. The highest BCUT2D eigenvalue weighted by Crippen LogP contribution is 2.26. The molecule has 0 spiro atoms. The fourth-order valence-electron chi connectivity index (χ4n) is 5.02. The number of aldehydes is 2. The number of carbonyl (C=O) groups is 3. The number of amides is 1. The highest BCUT2D eigenvalue weighted by atomic mass is 32.2. The molecule has 1 aromatic carbocycles. The van der Waals surface area contributed by atoms with E-state index in [1.807, 2.05) is 40.0 Å². The summed E-state index contributed by atoms with van der Waals surface area (Å²) in [4.78, 5) is 40.0. The molecule has 0 bridgehead atoms. The van der Waals surface area contributed by atoms with Crippen LogP contribution in [0.2, 0.25) is 0 Å². The van der Waals surface area contributed by atoms with Gasteiger partial charge in [0.1, 0.15) is 18.7 Å². The normalized spacial score (nSPS) is 18.8. The van der Waals surface area contributed by atoms with Crippen LogP contribution in [0.15, 0.2) is 46.9 Å². The SMILES string of the molecule is C/C(=C\c1cccc(S(=O)(=O)NC(C)(C)C)c1)[C@@H](C=O)[C@@H](C)/C=C/[C@H](OC(=O)N1CCN(C)CC1)[C@@H](C)CC[C@@H](O)CC=O. The summed E-state index contributed by atoms with van der Waals surface area (Å²) in [5.74, 6) is -0.900. The average Bonchev–Trinajstić information content (AvgIpc) is 2.93. The number of carbonyl (C=O) groups excluding carboxylic acids is 3. The molecule has 1 saturated heterocycles. The topological polar surface area (TPSA) is 133 Å². The standard InChI is InChI=1S/C33H51N3O7S/c1-24(30(23-38)26(3)21-27-9-8-10-29(22-27)44(41,42)34-33(4,5)6)12-14-31(25(2)11-13-28(39)15-20-37)43-32(40)36-18-16-35(7)17-19-36/h8-10,12,14,20-25,28,30-31,34,39H,11,13,15-19H2,1-7H3/b14-12+,26-21+/t24-,25-,28+,30-,31-/m0/s1. The first kappa shape index (κ1) is 37.3. The average molecular weight is 634 g/mol. The van der Waals surface area contributed by atoms with Crippen LogP contribution in [0, 0.1) is 17.8 Å². The number of hydrogen-bond donors (Lipinski definition) is 2. The van der Waals surface area contributed by atoms with Gasteiger partial charge in [-0.3, -0.25) is 0 Å². The molecule has 0 aromatic heterocycles. The Bertz CT molecular complexity index is 1260. The Kier molecular flexibility index (Phi) is 14.4. The van der Waals surface area contributed by atoms with Crippen LogP contribution in [0.5, 0.6) is 0 Å². The van der Waals surface area contributed by atoms with Gasteiger partial charge in [0.25, 0.3) is 0 Å². The lowest BCUT2D eigenvalue weighted by Crippen LogP contribution is -2.48. The summed E-state index contributed by atoms with van der Waals surface area (Å²) in [6.07, 6.45) is 6.27. The van der Waals surface area contributed by atoms with Crippen LogP contribution >= 0.6 is 0 Å². The van der Waals surface area contributed by atoms with Gasteiger partial charge in [0.15, 0.2) is 0 Å². The summed E-state index contributed by atoms with van der Waals surface area (Å²) in [6, 6.07) is 6.57. The van der Waals surface area contributed by atoms with E-state index in [9.17, 15) is 27.9 Å². The van der Waals surface area contributed by atoms with Gasteiger partial charge in [-0.1, -0.05) is 43.7 Å². The second-order valence-corrected chi connectivity index (χ2v) is 14.7. The highest BCUT2D eigenvalue weighted by Gasteiger charge is 2.27. The van der Waals surface area contributed by atoms with Gasteiger partial charge in [-0.2, -0.15) is 0 Å². The monoisotopic (exact) mass is 633 g/mol. The number of nitrogens with one attached hydrogen (secondary N) is 1. The Morgan fingerprint density at radius 1 is 1.09 bits per heavy atom. The number of likely N-dealkylation sites (N-methyl/N-ethyl adjacent to an activating group) is 1. The number of hydrogen-bond acceptors (Lipinski definition) is 8. The van der Waals surface area contributed by atoms with Crippen LogP contribution in [0.25, 0.3) is 6.08 Å². The van der Waals surface area contributed by atoms with Crippen LogP contribution in [0.4, 0.5) is 4.79 Å². The molecule has 11 heteroatoms. The number of aliphatic hydroxyl groups excluding tert-OH is 1. The summed E-state index contributed by atoms with van der Waals surface area (Å²) in [7, 11) is -1.71. The van der Waals surface area contributed by atoms with Gasteiger partial charge >= 0.3 is 6.09 Å². The number of nitrogens with zero attached hydrogens (tertiary/aromatic N) is 2. The molecule has 1 fully saturated rings. The number of benzene rings is 1. The van der Waals surface area contributed by atoms with Crippen LogP contribution < -0.4 is 4.72 Å². The lowest BCUT2D eigenvalue weighted by Gasteiger charge is -2.33. The maximum absolute atomic E-state index is 13.0. The van der Waals surface area contributed by atoms with E-state index in [1.54, 1.807) is 49.9 Å². The van der Waals surface area contributed by atoms with E-state index in [4.69, 9.17) is 4.74 Å². The number of ether oxygens (including phenoxy) is 1. The van der Waals surface area contributed by atoms with Crippen molar-refractivity contribution in [1.82, 2.24) is 14.5 Å². The molecule has 0 aliphatic carbocycles. The largest absolute Gasteiger partial charge is 0.442 e. The molecule has 10 nitrogen and oxygen atoms in total. The Morgan fingerprint density at radius 3 is 2.34 bits per heavy atom. The fourth-order valence-corrected chi connectivity index (χ4v) is 6.49. The van der Waals surface area contributed by atoms with E-state index < -0.39 is 39.8 Å². The zero-order valence-corrected chi connectivity index (χ0v) is 28.0. The summed E-state index contributed by atoms with van der Waals surface area (Å²) in [5.41, 5.74) is 0.782. The molecule has 1 aromatic rings. The van der Waals surface area contributed by atoms with E-state index in [1.165, 1.54) is 6.07 Å². The maximum atomic E-state index is 13.0. The molecular weight excluding hydrogens is 582 g/mol. The molecular formula is C33H51N3O7S. The number of aliphatic hydroxyl groups is 1. The van der Waals surface area contributed by atoms with Crippen molar-refractivity contribution in [3.8, 4) is 0 Å². The molecule has 2 N–H and O–H groups in total. The lowest BCUT2D eigenvalue weighted by atomic mass is 9.86. The zero-order valence-electron chi connectivity index (χ0n) is 27.2. The molecule has 5 atom stereocenters. The van der Waals surface area contributed by atoms with E-state index in [-0.39, 0.29) is 23.2 Å². The summed E-state index contributed by atoms with van der Waals surface area (Å²) in [5, 5.41) is 10.1. The van der Waals surface area contributed by atoms with Crippen molar-refractivity contribution < 1.29 is 32.6 Å². The van der Waals surface area contributed by atoms with E-state index in [0.717, 1.165) is 24.9 Å². The number of rotatable bonds is 15. The van der Waals surface area contributed by atoms with E-state index >= 15 is 0 Å². The first-order valence-electron chi connectivity index (χ1n) is 15.3. The first-order chi connectivity index (χ1) is 20.6. The molecule has 0 unspecified atom stereocenters. The van der Waals surface area contributed by atoms with Crippen LogP contribution in [-0.2, 0) is 24.3 Å². The molecule has 1 amide bonds. The highest BCUT2D eigenvalue weighted by molar-refractivity contribution is 7.89. The number of allylic oxidation sites excluding steroid dienone is 2. The van der Waals surface area contributed by atoms with Crippen molar-refractivity contribution in [2.75, 3.05) is 33.2 Å². The van der Waals surface area contributed by atoms with Crippen molar-refractivity contribution in [3.05, 3.63) is 47.6 Å². The number of sulfonamides is 1. The van der Waals surface area contributed by atoms with Crippen molar-refractivity contribution in [2.24, 2.45) is 17.8 Å². The van der Waals surface area contributed by atoms with Gasteiger partial charge in [0.05, 0.1) is 11.0 Å². The Labute approximate surface area is 263 Å². The van der Waals surface area contributed by atoms with Crippen LogP contribution in [0.1, 0.15) is 66.4 Å². The van der Waals surface area contributed by atoms with Gasteiger partial charge in [-0.05, 0) is 83.2 Å². The van der Waals surface area contributed by atoms with Crippen molar-refractivity contribution in [3.63, 3.8) is 0 Å². The van der Waals surface area contributed by atoms with E-state index in [0.29, 0.717) is 37.8 Å². The molecule has 1 heterocycles. The van der Waals surface area contributed by atoms with E-state index in [2.05, 4.69) is 9.62 Å². The minimum atomic E-state index is -3.72. The second kappa shape index (κ2) is 17.0. The minimum absolute atomic E-state index is 0.0555. The minimum Gasteiger partial charge on any atom is -0.442 e. The maximum Gasteiger partial charge on any atom is 0.410 e. The predicted octanol–water partition coefficient (Wildman–Crippen LogP) is 4.29. The van der Waals surface area contributed by atoms with Crippen molar-refractivity contribution in [2.45, 2.75) is 83.4 Å². The molecule has 0 radical (unpaired) electrons. The van der Waals surface area contributed by atoms with Crippen molar-refractivity contribution >= 4 is 34.8 Å². The first-order valence-corrected chi connectivity index (χ1v) is 16.8. The molecule has 2 rings (SSSR count). The Balaban J connectivity index is 2.24. The molecule has 246 valence electrons. The number of piperazine rings is 1. The third-order valence-electron chi connectivity index (χ3n) is 7.73. The smallest absolute Gasteiger partial charge is 0.410 e. The van der Waals surface area contributed by atoms with Gasteiger partial charge < -0.3 is 29.2 Å². The summed E-state index contributed by atoms with van der Waals surface area (Å²) >= 11 is 0. The fraction of sp³-hybridized carbons (Fsp3) is 0.606. The molecule has 1 aliphatic rings. The van der Waals surface area contributed by atoms with Crippen LogP contribution in [0.3, 0.4) is 0 Å². The van der Waals surface area contributed by atoms with Crippen molar-refractivity contribution in [1.29, 1.82) is 0 Å². The Hall–Kier alpha value is -2.86. The summed E-state index contributed by atoms with van der Waals surface area (Å²) in [6.45, 7) is 13.7. The third-order valence-corrected chi connectivity index (χ3v) is 9.48. The van der Waals surface area contributed by atoms with Gasteiger partial charge in [0, 0.05) is 44.1 Å². The second-order valence-electron chi connectivity index (χ2n) is 13.0. The third kappa shape index (κ3) is 12.3. The lowest BCUT2D eigenvalue weighted by molar-refractivity contribution is -0.111. The van der Waals surface area contributed by atoms with Gasteiger partial charge in [-0.25, -0.2) is 17.9 Å². The van der Waals surface area contributed by atoms with Crippen LogP contribution in [-0.4, -0.2) is 93.0 Å². The van der Waals surface area contributed by atoms with Gasteiger partial charge in [-0.15, -0.1) is 0 Å². The summed E-state index contributed by atoms with van der Waals surface area (Å²) < 4.78 is 34.3. The molecule has 44 heavy (non-hydrogen) atoms. The Morgan fingerprint density at radius 2 is 1.75 bits per heavy atom. The molecule has 1 aliphatic heterocycles. The van der Waals surface area contributed by atoms with Gasteiger partial charge in [0.2, 0.25) is 10.0 Å². The zero-order chi connectivity index (χ0) is 33.1. The quantitative estimate of drug-likeness (QED) is 0.216. The predicted molar refractivity (Wildman–Crippen MR) is 172 cm³/mol.